The molecule has 9 rings (SSSR count). The van der Waals surface area contributed by atoms with Gasteiger partial charge in [-0.2, -0.15) is 5.26 Å². The molecule has 0 radical (unpaired) electrons. The number of aromatic nitrogens is 3. The first-order valence-electron chi connectivity index (χ1n) is 18.8. The Balaban J connectivity index is 0.994. The molecule has 54 heavy (non-hydrogen) atoms. The number of rotatable bonds is 9. The summed E-state index contributed by atoms with van der Waals surface area (Å²) in [5.74, 6) is 1.29. The molecule has 0 spiro atoms. The zero-order chi connectivity index (χ0) is 36.9. The second-order valence-electron chi connectivity index (χ2n) is 14.9. The van der Waals surface area contributed by atoms with E-state index in [4.69, 9.17) is 14.4 Å². The van der Waals surface area contributed by atoms with Gasteiger partial charge in [0.2, 0.25) is 11.8 Å². The zero-order valence-electron chi connectivity index (χ0n) is 30.4. The molecule has 11 nitrogen and oxygen atoms in total. The molecule has 0 saturated carbocycles. The fourth-order valence-electron chi connectivity index (χ4n) is 8.56. The molecule has 3 aromatic heterocycles. The molecule has 2 saturated heterocycles. The van der Waals surface area contributed by atoms with Gasteiger partial charge in [0.05, 0.1) is 6.10 Å². The van der Waals surface area contributed by atoms with Gasteiger partial charge < -0.3 is 25.5 Å². The first-order chi connectivity index (χ1) is 26.3. The van der Waals surface area contributed by atoms with E-state index < -0.39 is 0 Å². The Labute approximate surface area is 313 Å². The van der Waals surface area contributed by atoms with Gasteiger partial charge in [0, 0.05) is 73.7 Å². The molecule has 3 aromatic carbocycles. The fraction of sp³-hybridized carbons (Fsp3) is 0.326. The second-order valence-corrected chi connectivity index (χ2v) is 14.9. The van der Waals surface area contributed by atoms with Crippen molar-refractivity contribution >= 4 is 39.4 Å². The summed E-state index contributed by atoms with van der Waals surface area (Å²) in [6.07, 6.45) is 7.37. The molecule has 3 atom stereocenters. The molecule has 4 N–H and O–H groups in total. The van der Waals surface area contributed by atoms with Crippen LogP contribution in [0.5, 0.6) is 0 Å². The molecule has 2 aliphatic heterocycles. The Bertz CT molecular complexity index is 2490. The molecule has 0 unspecified atom stereocenters. The van der Waals surface area contributed by atoms with Crippen molar-refractivity contribution in [3.8, 4) is 28.7 Å². The van der Waals surface area contributed by atoms with Crippen LogP contribution in [0, 0.1) is 25.2 Å². The Morgan fingerprint density at radius 3 is 2.65 bits per heavy atom. The monoisotopic (exact) mass is 718 g/mol. The number of nitriles is 1. The number of benzene rings is 3. The predicted octanol–water partition coefficient (Wildman–Crippen LogP) is 6.76. The van der Waals surface area contributed by atoms with Crippen molar-refractivity contribution in [1.82, 2.24) is 30.5 Å². The maximum Gasteiger partial charge on any atom is 0.227 e. The highest BCUT2D eigenvalue weighted by Gasteiger charge is 2.30. The van der Waals surface area contributed by atoms with Crippen LogP contribution in [0.15, 0.2) is 71.4 Å². The average molecular weight is 719 g/mol. The average Bonchev–Trinajstić information content (AvgIpc) is 3.98. The minimum Gasteiger partial charge on any atom is -0.435 e. The summed E-state index contributed by atoms with van der Waals surface area (Å²) in [6.45, 7) is 7.24. The van der Waals surface area contributed by atoms with Gasteiger partial charge in [-0.25, -0.2) is 9.97 Å². The number of pyridine rings is 2. The Hall–Kier alpha value is -5.67. The third kappa shape index (κ3) is 6.26. The van der Waals surface area contributed by atoms with Crippen LogP contribution in [0.3, 0.4) is 0 Å². The van der Waals surface area contributed by atoms with Crippen molar-refractivity contribution in [1.29, 1.82) is 5.26 Å². The number of likely N-dealkylation sites (tertiary alicyclic amines) is 1. The van der Waals surface area contributed by atoms with Gasteiger partial charge in [-0.15, -0.1) is 0 Å². The first-order valence-corrected chi connectivity index (χ1v) is 18.8. The van der Waals surface area contributed by atoms with Crippen LogP contribution in [0.4, 0.5) is 11.5 Å². The summed E-state index contributed by atoms with van der Waals surface area (Å²) in [5, 5.41) is 31.5. The third-order valence-corrected chi connectivity index (χ3v) is 11.4. The standard InChI is InChI=1S/C43H42N8O3/c1-24-30(31-6-4-8-36(25(31)2)49-42-40-27(13-15-45-42)17-26(20-47-40)22-51-16-14-29(52)23-51)5-3-7-32(24)43-50-38-18-34-33(35(19-44)41(38)54-43)10-11-37(34)46-21-28-9-12-39(53)48-28/h3-8,13,15,17-18,20,28-29,37,46,52H,9-12,14,16,21-23H2,1-2H3,(H,45,49)(H,48,53)/t28-,29+,37+/m0/s1. The molecule has 1 amide bonds. The van der Waals surface area contributed by atoms with E-state index in [0.29, 0.717) is 47.9 Å². The number of fused-ring (bicyclic) bond motifs is 3. The van der Waals surface area contributed by atoms with Crippen molar-refractivity contribution in [2.45, 2.75) is 70.7 Å². The molecular weight excluding hydrogens is 677 g/mol. The highest BCUT2D eigenvalue weighted by atomic mass is 16.3. The van der Waals surface area contributed by atoms with E-state index in [1.165, 1.54) is 0 Å². The summed E-state index contributed by atoms with van der Waals surface area (Å²) in [7, 11) is 0. The predicted molar refractivity (Wildman–Crippen MR) is 208 cm³/mol. The lowest BCUT2D eigenvalue weighted by molar-refractivity contribution is -0.119. The van der Waals surface area contributed by atoms with Crippen LogP contribution in [-0.4, -0.2) is 62.6 Å². The molecule has 0 bridgehead atoms. The van der Waals surface area contributed by atoms with E-state index in [1.54, 1.807) is 0 Å². The lowest BCUT2D eigenvalue weighted by Gasteiger charge is -2.17. The number of anilines is 2. The number of hydrogen-bond acceptors (Lipinski definition) is 10. The Morgan fingerprint density at radius 1 is 1.02 bits per heavy atom. The van der Waals surface area contributed by atoms with Crippen LogP contribution < -0.4 is 16.0 Å². The minimum atomic E-state index is -0.249. The number of amides is 1. The second kappa shape index (κ2) is 14.0. The molecule has 272 valence electrons. The van der Waals surface area contributed by atoms with Gasteiger partial charge in [0.15, 0.2) is 11.4 Å². The number of oxazole rings is 1. The molecule has 5 heterocycles. The smallest absolute Gasteiger partial charge is 0.227 e. The van der Waals surface area contributed by atoms with Gasteiger partial charge in [-0.1, -0.05) is 24.3 Å². The molecule has 11 heteroatoms. The number of aliphatic hydroxyl groups is 1. The summed E-state index contributed by atoms with van der Waals surface area (Å²) >= 11 is 0. The molecule has 3 aliphatic rings. The van der Waals surface area contributed by atoms with E-state index in [9.17, 15) is 15.2 Å². The SMILES string of the molecule is Cc1c(Nc2nccc3cc(CN4CC[C@@H](O)C4)cnc23)cccc1-c1cccc(-c2nc3cc4c(c(C#N)c3o2)CC[C@H]4NC[C@@H]2CCC(=O)N2)c1C. The van der Waals surface area contributed by atoms with Crippen molar-refractivity contribution < 1.29 is 14.3 Å². The quantitative estimate of drug-likeness (QED) is 0.126. The number of nitrogens with zero attached hydrogens (tertiary/aromatic N) is 5. The third-order valence-electron chi connectivity index (χ3n) is 11.4. The molecular formula is C43H42N8O3. The van der Waals surface area contributed by atoms with Crippen LogP contribution >= 0.6 is 0 Å². The maximum absolute atomic E-state index is 11.7. The molecule has 1 aliphatic carbocycles. The van der Waals surface area contributed by atoms with Crippen molar-refractivity contribution in [3.05, 3.63) is 100 Å². The van der Waals surface area contributed by atoms with E-state index in [1.807, 2.05) is 36.7 Å². The lowest BCUT2D eigenvalue weighted by atomic mass is 9.93. The number of nitrogens with one attached hydrogen (secondary N) is 3. The largest absolute Gasteiger partial charge is 0.435 e. The van der Waals surface area contributed by atoms with E-state index in [0.717, 1.165) is 99.9 Å². The summed E-state index contributed by atoms with van der Waals surface area (Å²) in [4.78, 5) is 28.4. The molecule has 2 fully saturated rings. The van der Waals surface area contributed by atoms with Crippen LogP contribution in [0.1, 0.15) is 65.1 Å². The van der Waals surface area contributed by atoms with Crippen molar-refractivity contribution in [2.75, 3.05) is 25.0 Å². The lowest BCUT2D eigenvalue weighted by Crippen LogP contribution is -2.36. The highest BCUT2D eigenvalue weighted by molar-refractivity contribution is 5.91. The normalized spacial score (nSPS) is 19.7. The Kier molecular flexibility index (Phi) is 8.82. The fourth-order valence-corrected chi connectivity index (χ4v) is 8.56. The van der Waals surface area contributed by atoms with Gasteiger partial charge in [0.1, 0.15) is 22.7 Å². The number of carbonyl (C=O) groups is 1. The van der Waals surface area contributed by atoms with Gasteiger partial charge in [0.25, 0.3) is 0 Å². The van der Waals surface area contributed by atoms with E-state index >= 15 is 0 Å². The Morgan fingerprint density at radius 2 is 1.85 bits per heavy atom. The van der Waals surface area contributed by atoms with Crippen molar-refractivity contribution in [2.24, 2.45) is 0 Å². The van der Waals surface area contributed by atoms with E-state index in [2.05, 4.69) is 76.1 Å². The van der Waals surface area contributed by atoms with Crippen LogP contribution in [0.25, 0.3) is 44.6 Å². The van der Waals surface area contributed by atoms with Gasteiger partial charge in [-0.3, -0.25) is 14.7 Å². The summed E-state index contributed by atoms with van der Waals surface area (Å²) in [6, 6.07) is 21.3. The maximum atomic E-state index is 11.7. The number of carbonyl (C=O) groups excluding carboxylic acids is 1. The van der Waals surface area contributed by atoms with Crippen LogP contribution in [0.2, 0.25) is 0 Å². The summed E-state index contributed by atoms with van der Waals surface area (Å²) in [5.41, 5.74) is 11.8. The number of hydrogen-bond donors (Lipinski definition) is 4. The van der Waals surface area contributed by atoms with Crippen molar-refractivity contribution in [3.63, 3.8) is 0 Å². The van der Waals surface area contributed by atoms with Gasteiger partial charge in [-0.05, 0) is 109 Å². The summed E-state index contributed by atoms with van der Waals surface area (Å²) < 4.78 is 6.44. The first kappa shape index (κ1) is 34.1. The van der Waals surface area contributed by atoms with Crippen LogP contribution in [-0.2, 0) is 17.8 Å². The van der Waals surface area contributed by atoms with Gasteiger partial charge >= 0.3 is 0 Å². The molecule has 6 aromatic rings. The number of aliphatic hydroxyl groups excluding tert-OH is 1. The topological polar surface area (TPSA) is 152 Å². The highest BCUT2D eigenvalue weighted by Crippen LogP contribution is 2.41. The minimum absolute atomic E-state index is 0.0935. The number of β-amino-alcohol motifs (C(OH)–C–C–N with tert-alkyl or cyclic N) is 1. The van der Waals surface area contributed by atoms with E-state index in [-0.39, 0.29) is 24.1 Å². The zero-order valence-corrected chi connectivity index (χ0v) is 30.4.